The molecular formula is C17H28O6. The molecule has 1 rings (SSSR count). The lowest BCUT2D eigenvalue weighted by Crippen LogP contribution is -2.33. The number of carbonyl (C=O) groups excluding carboxylic acids is 2. The van der Waals surface area contributed by atoms with Gasteiger partial charge in [-0.2, -0.15) is 0 Å². The molecule has 1 aliphatic carbocycles. The van der Waals surface area contributed by atoms with Gasteiger partial charge >= 0.3 is 17.9 Å². The third-order valence-electron chi connectivity index (χ3n) is 4.56. The highest BCUT2D eigenvalue weighted by atomic mass is 16.6. The Morgan fingerprint density at radius 2 is 1.83 bits per heavy atom. The highest BCUT2D eigenvalue weighted by Crippen LogP contribution is 2.30. The molecule has 6 heteroatoms. The summed E-state index contributed by atoms with van der Waals surface area (Å²) in [6.45, 7) is 7.20. The Labute approximate surface area is 137 Å². The second-order valence-corrected chi connectivity index (χ2v) is 6.98. The Morgan fingerprint density at radius 1 is 1.22 bits per heavy atom. The maximum Gasteiger partial charge on any atom is 0.311 e. The molecule has 132 valence electrons. The summed E-state index contributed by atoms with van der Waals surface area (Å²) in [5.74, 6) is -2.41. The molecule has 0 radical (unpaired) electrons. The summed E-state index contributed by atoms with van der Waals surface area (Å²) in [4.78, 5) is 35.0. The van der Waals surface area contributed by atoms with Crippen LogP contribution >= 0.6 is 0 Å². The van der Waals surface area contributed by atoms with Gasteiger partial charge < -0.3 is 14.6 Å². The molecule has 0 saturated heterocycles. The number of hydrogen-bond donors (Lipinski definition) is 1. The van der Waals surface area contributed by atoms with E-state index in [0.29, 0.717) is 32.1 Å². The molecular weight excluding hydrogens is 300 g/mol. The first-order valence-electron chi connectivity index (χ1n) is 8.28. The lowest BCUT2D eigenvalue weighted by molar-refractivity contribution is -0.168. The van der Waals surface area contributed by atoms with Gasteiger partial charge in [0.25, 0.3) is 0 Å². The largest absolute Gasteiger partial charge is 0.481 e. The Bertz CT molecular complexity index is 442. The number of carboxylic acid groups (broad SMARTS) is 1. The molecule has 0 heterocycles. The summed E-state index contributed by atoms with van der Waals surface area (Å²) in [6.07, 6.45) is 2.45. The second-order valence-electron chi connectivity index (χ2n) is 6.98. The Morgan fingerprint density at radius 3 is 2.39 bits per heavy atom. The van der Waals surface area contributed by atoms with Crippen LogP contribution in [0.5, 0.6) is 0 Å². The van der Waals surface area contributed by atoms with Crippen molar-refractivity contribution >= 4 is 17.9 Å². The van der Waals surface area contributed by atoms with E-state index in [0.717, 1.165) is 0 Å². The number of hydrogen-bond acceptors (Lipinski definition) is 5. The molecule has 0 aromatic heterocycles. The van der Waals surface area contributed by atoms with Crippen molar-refractivity contribution in [3.63, 3.8) is 0 Å². The fraction of sp³-hybridized carbons (Fsp3) is 0.824. The molecule has 3 atom stereocenters. The third kappa shape index (κ3) is 5.84. The van der Waals surface area contributed by atoms with Crippen LogP contribution in [0.15, 0.2) is 0 Å². The van der Waals surface area contributed by atoms with Gasteiger partial charge in [-0.3, -0.25) is 14.4 Å². The van der Waals surface area contributed by atoms with E-state index < -0.39 is 29.4 Å². The molecule has 1 aliphatic rings. The minimum Gasteiger partial charge on any atom is -0.481 e. The smallest absolute Gasteiger partial charge is 0.311 e. The van der Waals surface area contributed by atoms with Crippen LogP contribution in [-0.4, -0.2) is 35.7 Å². The van der Waals surface area contributed by atoms with Crippen LogP contribution in [0.1, 0.15) is 59.8 Å². The topological polar surface area (TPSA) is 89.9 Å². The molecule has 0 spiro atoms. The van der Waals surface area contributed by atoms with Crippen LogP contribution < -0.4 is 0 Å². The zero-order valence-electron chi connectivity index (χ0n) is 14.5. The van der Waals surface area contributed by atoms with E-state index >= 15 is 0 Å². The fourth-order valence-electron chi connectivity index (χ4n) is 2.47. The van der Waals surface area contributed by atoms with E-state index in [1.807, 2.05) is 20.8 Å². The van der Waals surface area contributed by atoms with Crippen molar-refractivity contribution in [3.05, 3.63) is 0 Å². The van der Waals surface area contributed by atoms with Crippen LogP contribution in [0.2, 0.25) is 0 Å². The Hall–Kier alpha value is -1.59. The predicted octanol–water partition coefficient (Wildman–Crippen LogP) is 2.79. The summed E-state index contributed by atoms with van der Waals surface area (Å²) >= 11 is 0. The molecule has 0 aromatic carbocycles. The van der Waals surface area contributed by atoms with Crippen LogP contribution in [-0.2, 0) is 23.9 Å². The molecule has 0 bridgehead atoms. The maximum atomic E-state index is 12.1. The average molecular weight is 328 g/mol. The Balaban J connectivity index is 2.40. The molecule has 1 saturated carbocycles. The monoisotopic (exact) mass is 328 g/mol. The van der Waals surface area contributed by atoms with E-state index in [1.54, 1.807) is 6.92 Å². The van der Waals surface area contributed by atoms with Crippen molar-refractivity contribution in [3.8, 4) is 0 Å². The quantitative estimate of drug-likeness (QED) is 0.723. The van der Waals surface area contributed by atoms with Crippen molar-refractivity contribution in [1.29, 1.82) is 0 Å². The standard InChI is InChI=1S/C17H28O6/c1-5-17(3,4)16(21)23-11(2)10-22-15(20)13-8-6-7-12(9-13)14(18)19/h11-13H,5-10H2,1-4H3,(H,18,19). The van der Waals surface area contributed by atoms with Crippen LogP contribution in [0.25, 0.3) is 0 Å². The highest BCUT2D eigenvalue weighted by Gasteiger charge is 2.33. The van der Waals surface area contributed by atoms with Crippen molar-refractivity contribution in [2.45, 2.75) is 65.9 Å². The molecule has 3 unspecified atom stereocenters. The summed E-state index contributed by atoms with van der Waals surface area (Å²) in [6, 6.07) is 0. The molecule has 6 nitrogen and oxygen atoms in total. The molecule has 1 N–H and O–H groups in total. The van der Waals surface area contributed by atoms with E-state index in [2.05, 4.69) is 0 Å². The van der Waals surface area contributed by atoms with Gasteiger partial charge in [-0.25, -0.2) is 0 Å². The number of aliphatic carboxylic acids is 1. The zero-order valence-corrected chi connectivity index (χ0v) is 14.5. The second kappa shape index (κ2) is 8.31. The van der Waals surface area contributed by atoms with Gasteiger partial charge in [-0.05, 0) is 46.5 Å². The van der Waals surface area contributed by atoms with Gasteiger partial charge in [0.05, 0.1) is 17.3 Å². The predicted molar refractivity (Wildman–Crippen MR) is 83.7 cm³/mol. The van der Waals surface area contributed by atoms with Crippen LogP contribution in [0, 0.1) is 17.3 Å². The van der Waals surface area contributed by atoms with Gasteiger partial charge in [0.2, 0.25) is 0 Å². The Kier molecular flexibility index (Phi) is 7.03. The van der Waals surface area contributed by atoms with Gasteiger partial charge in [0.15, 0.2) is 0 Å². The first kappa shape index (κ1) is 19.5. The maximum absolute atomic E-state index is 12.1. The van der Waals surface area contributed by atoms with Gasteiger partial charge in [0.1, 0.15) is 12.7 Å². The number of carboxylic acids is 1. The van der Waals surface area contributed by atoms with E-state index in [1.165, 1.54) is 0 Å². The summed E-state index contributed by atoms with van der Waals surface area (Å²) in [5.41, 5.74) is -0.559. The van der Waals surface area contributed by atoms with Gasteiger partial charge in [-0.1, -0.05) is 13.3 Å². The molecule has 0 amide bonds. The summed E-state index contributed by atoms with van der Waals surface area (Å²) < 4.78 is 10.5. The van der Waals surface area contributed by atoms with Gasteiger partial charge in [0, 0.05) is 0 Å². The van der Waals surface area contributed by atoms with Crippen molar-refractivity contribution in [1.82, 2.24) is 0 Å². The first-order valence-corrected chi connectivity index (χ1v) is 8.28. The number of esters is 2. The summed E-state index contributed by atoms with van der Waals surface area (Å²) in [5, 5.41) is 9.05. The minimum atomic E-state index is -0.855. The molecule has 0 aliphatic heterocycles. The van der Waals surface area contributed by atoms with Gasteiger partial charge in [-0.15, -0.1) is 0 Å². The lowest BCUT2D eigenvalue weighted by Gasteiger charge is -2.26. The molecule has 1 fully saturated rings. The third-order valence-corrected chi connectivity index (χ3v) is 4.56. The highest BCUT2D eigenvalue weighted by molar-refractivity contribution is 5.76. The van der Waals surface area contributed by atoms with E-state index in [9.17, 15) is 14.4 Å². The number of ether oxygens (including phenoxy) is 2. The molecule has 0 aromatic rings. The van der Waals surface area contributed by atoms with E-state index in [4.69, 9.17) is 14.6 Å². The minimum absolute atomic E-state index is 0.00138. The van der Waals surface area contributed by atoms with Crippen LogP contribution in [0.3, 0.4) is 0 Å². The fourth-order valence-corrected chi connectivity index (χ4v) is 2.47. The van der Waals surface area contributed by atoms with Crippen molar-refractivity contribution in [2.75, 3.05) is 6.61 Å². The van der Waals surface area contributed by atoms with Crippen molar-refractivity contribution in [2.24, 2.45) is 17.3 Å². The van der Waals surface area contributed by atoms with Crippen molar-refractivity contribution < 1.29 is 29.0 Å². The normalized spacial score (nSPS) is 23.0. The average Bonchev–Trinajstić information content (AvgIpc) is 2.52. The first-order chi connectivity index (χ1) is 10.7. The number of rotatable bonds is 7. The SMILES string of the molecule is CCC(C)(C)C(=O)OC(C)COC(=O)C1CCCC(C(=O)O)C1. The lowest BCUT2D eigenvalue weighted by atomic mass is 9.81. The molecule has 23 heavy (non-hydrogen) atoms. The zero-order chi connectivity index (χ0) is 17.6. The summed E-state index contributed by atoms with van der Waals surface area (Å²) in [7, 11) is 0. The number of carbonyl (C=O) groups is 3. The van der Waals surface area contributed by atoms with E-state index in [-0.39, 0.29) is 18.5 Å². The van der Waals surface area contributed by atoms with Crippen LogP contribution in [0.4, 0.5) is 0 Å².